The van der Waals surface area contributed by atoms with E-state index in [0.717, 1.165) is 0 Å². The first-order chi connectivity index (χ1) is 6.49. The van der Waals surface area contributed by atoms with Gasteiger partial charge in [-0.05, 0) is 12.8 Å². The lowest BCUT2D eigenvalue weighted by molar-refractivity contribution is -0.128. The van der Waals surface area contributed by atoms with Crippen molar-refractivity contribution in [3.8, 4) is 0 Å². The molecule has 0 spiro atoms. The summed E-state index contributed by atoms with van der Waals surface area (Å²) in [4.78, 5) is 22.0. The molecule has 0 aromatic heterocycles. The van der Waals surface area contributed by atoms with E-state index < -0.39 is 12.3 Å². The van der Waals surface area contributed by atoms with Crippen LogP contribution in [0.4, 0.5) is 4.79 Å². The standard InChI is InChI=1S/C10H16O4/c1-5-6-13-10(12)14-9(7(2)3)8(4)11/h5,7,9H,1,6H2,2-4H3. The number of hydrogen-bond donors (Lipinski definition) is 0. The average molecular weight is 200 g/mol. The number of Topliss-reactive ketones (excluding diaryl/α,β-unsaturated/α-hetero) is 1. The average Bonchev–Trinajstić information content (AvgIpc) is 2.09. The van der Waals surface area contributed by atoms with Crippen LogP contribution in [0, 0.1) is 5.92 Å². The molecule has 0 radical (unpaired) electrons. The van der Waals surface area contributed by atoms with Crippen LogP contribution in [0.25, 0.3) is 0 Å². The summed E-state index contributed by atoms with van der Waals surface area (Å²) in [6.45, 7) is 8.44. The molecule has 0 amide bonds. The Morgan fingerprint density at radius 1 is 1.43 bits per heavy atom. The Kier molecular flexibility index (Phi) is 5.60. The fraction of sp³-hybridized carbons (Fsp3) is 0.600. The Bertz CT molecular complexity index is 220. The molecule has 1 atom stereocenters. The van der Waals surface area contributed by atoms with E-state index in [0.29, 0.717) is 0 Å². The summed E-state index contributed by atoms with van der Waals surface area (Å²) in [6.07, 6.45) is -0.134. The van der Waals surface area contributed by atoms with Crippen LogP contribution in [-0.2, 0) is 14.3 Å². The van der Waals surface area contributed by atoms with E-state index in [2.05, 4.69) is 11.3 Å². The minimum atomic E-state index is -0.834. The van der Waals surface area contributed by atoms with Crippen LogP contribution in [0.3, 0.4) is 0 Å². The molecule has 0 aromatic carbocycles. The molecule has 80 valence electrons. The first-order valence-corrected chi connectivity index (χ1v) is 4.43. The molecule has 0 rings (SSSR count). The summed E-state index contributed by atoms with van der Waals surface area (Å²) in [5, 5.41) is 0. The van der Waals surface area contributed by atoms with Crippen LogP contribution >= 0.6 is 0 Å². The van der Waals surface area contributed by atoms with E-state index >= 15 is 0 Å². The highest BCUT2D eigenvalue weighted by molar-refractivity contribution is 5.82. The van der Waals surface area contributed by atoms with Gasteiger partial charge in [0.25, 0.3) is 0 Å². The zero-order valence-electron chi connectivity index (χ0n) is 8.78. The van der Waals surface area contributed by atoms with Crippen LogP contribution in [0.1, 0.15) is 20.8 Å². The summed E-state index contributed by atoms with van der Waals surface area (Å²) in [7, 11) is 0. The molecule has 0 heterocycles. The minimum absolute atomic E-state index is 0.0521. The molecule has 14 heavy (non-hydrogen) atoms. The molecule has 0 aliphatic carbocycles. The van der Waals surface area contributed by atoms with Crippen molar-refractivity contribution in [1.82, 2.24) is 0 Å². The molecule has 0 saturated carbocycles. The predicted molar refractivity (Wildman–Crippen MR) is 51.9 cm³/mol. The SMILES string of the molecule is C=CCOC(=O)OC(C(C)=O)C(C)C. The van der Waals surface area contributed by atoms with E-state index in [1.54, 1.807) is 13.8 Å². The lowest BCUT2D eigenvalue weighted by Gasteiger charge is -2.17. The third-order valence-corrected chi connectivity index (χ3v) is 1.55. The maximum atomic E-state index is 11.0. The molecular formula is C10H16O4. The van der Waals surface area contributed by atoms with E-state index in [4.69, 9.17) is 4.74 Å². The Hall–Kier alpha value is -1.32. The summed E-state index contributed by atoms with van der Waals surface area (Å²) in [6, 6.07) is 0. The van der Waals surface area contributed by atoms with Gasteiger partial charge in [0.1, 0.15) is 6.61 Å². The van der Waals surface area contributed by atoms with Crippen molar-refractivity contribution in [3.05, 3.63) is 12.7 Å². The van der Waals surface area contributed by atoms with Crippen LogP contribution < -0.4 is 0 Å². The van der Waals surface area contributed by atoms with E-state index in [-0.39, 0.29) is 18.3 Å². The van der Waals surface area contributed by atoms with Gasteiger partial charge in [0.2, 0.25) is 0 Å². The van der Waals surface area contributed by atoms with Crippen molar-refractivity contribution < 1.29 is 19.1 Å². The number of rotatable bonds is 5. The van der Waals surface area contributed by atoms with Crippen molar-refractivity contribution in [1.29, 1.82) is 0 Å². The summed E-state index contributed by atoms with van der Waals surface area (Å²) in [5.41, 5.74) is 0. The van der Waals surface area contributed by atoms with Gasteiger partial charge in [-0.25, -0.2) is 4.79 Å². The van der Waals surface area contributed by atoms with E-state index in [1.807, 2.05) is 0 Å². The maximum absolute atomic E-state index is 11.0. The first-order valence-electron chi connectivity index (χ1n) is 4.43. The lowest BCUT2D eigenvalue weighted by atomic mass is 10.0. The molecule has 0 aliphatic rings. The lowest BCUT2D eigenvalue weighted by Crippen LogP contribution is -2.30. The predicted octanol–water partition coefficient (Wildman–Crippen LogP) is 1.94. The molecule has 1 unspecified atom stereocenters. The van der Waals surface area contributed by atoms with Gasteiger partial charge >= 0.3 is 6.16 Å². The molecular weight excluding hydrogens is 184 g/mol. The summed E-state index contributed by atoms with van der Waals surface area (Å²) >= 11 is 0. The molecule has 0 fully saturated rings. The van der Waals surface area contributed by atoms with Crippen molar-refractivity contribution in [2.24, 2.45) is 5.92 Å². The second-order valence-corrected chi connectivity index (χ2v) is 3.24. The molecule has 0 saturated heterocycles. The molecule has 0 N–H and O–H groups in total. The second-order valence-electron chi connectivity index (χ2n) is 3.24. The van der Waals surface area contributed by atoms with Gasteiger partial charge in [-0.15, -0.1) is 0 Å². The number of ether oxygens (including phenoxy) is 2. The van der Waals surface area contributed by atoms with Gasteiger partial charge in [-0.3, -0.25) is 4.79 Å². The van der Waals surface area contributed by atoms with Crippen molar-refractivity contribution in [2.45, 2.75) is 26.9 Å². The number of ketones is 1. The normalized spacial score (nSPS) is 12.0. The molecule has 4 heteroatoms. The second kappa shape index (κ2) is 6.18. The topological polar surface area (TPSA) is 52.6 Å². The zero-order valence-corrected chi connectivity index (χ0v) is 8.78. The third-order valence-electron chi connectivity index (χ3n) is 1.55. The van der Waals surface area contributed by atoms with Crippen LogP contribution in [0.5, 0.6) is 0 Å². The van der Waals surface area contributed by atoms with Gasteiger partial charge in [0.15, 0.2) is 11.9 Å². The van der Waals surface area contributed by atoms with Gasteiger partial charge in [0, 0.05) is 0 Å². The highest BCUT2D eigenvalue weighted by atomic mass is 16.7. The maximum Gasteiger partial charge on any atom is 0.509 e. The molecule has 0 aromatic rings. The Balaban J connectivity index is 4.09. The van der Waals surface area contributed by atoms with Crippen molar-refractivity contribution in [3.63, 3.8) is 0 Å². The molecule has 0 bridgehead atoms. The van der Waals surface area contributed by atoms with Gasteiger partial charge in [-0.1, -0.05) is 26.5 Å². The van der Waals surface area contributed by atoms with Crippen molar-refractivity contribution in [2.75, 3.05) is 6.61 Å². The summed E-state index contributed by atoms with van der Waals surface area (Å²) < 4.78 is 9.41. The monoisotopic (exact) mass is 200 g/mol. The largest absolute Gasteiger partial charge is 0.509 e. The highest BCUT2D eigenvalue weighted by Crippen LogP contribution is 2.08. The first kappa shape index (κ1) is 12.7. The van der Waals surface area contributed by atoms with E-state index in [1.165, 1.54) is 13.0 Å². The van der Waals surface area contributed by atoms with Gasteiger partial charge in [0.05, 0.1) is 0 Å². The fourth-order valence-electron chi connectivity index (χ4n) is 0.953. The molecule has 0 aliphatic heterocycles. The quantitative estimate of drug-likeness (QED) is 0.502. The smallest absolute Gasteiger partial charge is 0.430 e. The number of carbonyl (C=O) groups excluding carboxylic acids is 2. The Labute approximate surface area is 83.9 Å². The van der Waals surface area contributed by atoms with Crippen LogP contribution in [0.15, 0.2) is 12.7 Å². The number of carbonyl (C=O) groups is 2. The molecule has 4 nitrogen and oxygen atoms in total. The zero-order chi connectivity index (χ0) is 11.1. The van der Waals surface area contributed by atoms with Gasteiger partial charge < -0.3 is 9.47 Å². The highest BCUT2D eigenvalue weighted by Gasteiger charge is 2.23. The van der Waals surface area contributed by atoms with Crippen LogP contribution in [-0.4, -0.2) is 24.6 Å². The minimum Gasteiger partial charge on any atom is -0.430 e. The van der Waals surface area contributed by atoms with E-state index in [9.17, 15) is 9.59 Å². The van der Waals surface area contributed by atoms with Gasteiger partial charge in [-0.2, -0.15) is 0 Å². The fourth-order valence-corrected chi connectivity index (χ4v) is 0.953. The van der Waals surface area contributed by atoms with Crippen molar-refractivity contribution >= 4 is 11.9 Å². The summed E-state index contributed by atoms with van der Waals surface area (Å²) in [5.74, 6) is -0.237. The van der Waals surface area contributed by atoms with Crippen LogP contribution in [0.2, 0.25) is 0 Å². The third kappa shape index (κ3) is 4.64. The Morgan fingerprint density at radius 2 is 2.00 bits per heavy atom. The number of hydrogen-bond acceptors (Lipinski definition) is 4. The Morgan fingerprint density at radius 3 is 2.36 bits per heavy atom.